The number of morpholine rings is 1. The highest BCUT2D eigenvalue weighted by atomic mass is 35.5. The second-order valence-electron chi connectivity index (χ2n) is 6.69. The molecule has 0 spiro atoms. The maximum Gasteiger partial charge on any atom is 0.240 e. The van der Waals surface area contributed by atoms with Crippen LogP contribution in [0.15, 0.2) is 24.3 Å². The molecule has 0 aliphatic carbocycles. The van der Waals surface area contributed by atoms with Crippen molar-refractivity contribution >= 4 is 30.7 Å². The largest absolute Gasteiger partial charge is 0.375 e. The van der Waals surface area contributed by atoms with Gasteiger partial charge in [0.15, 0.2) is 0 Å². The van der Waals surface area contributed by atoms with Gasteiger partial charge in [-0.15, -0.1) is 24.8 Å². The first-order valence-electron chi connectivity index (χ1n) is 8.74. The van der Waals surface area contributed by atoms with E-state index in [2.05, 4.69) is 15.5 Å². The number of likely N-dealkylation sites (tertiary alicyclic amines) is 1. The van der Waals surface area contributed by atoms with Crippen LogP contribution in [-0.4, -0.2) is 55.2 Å². The number of hydrogen-bond donors (Lipinski definition) is 2. The molecule has 2 fully saturated rings. The van der Waals surface area contributed by atoms with Gasteiger partial charge < -0.3 is 15.4 Å². The lowest BCUT2D eigenvalue weighted by atomic mass is 10.0. The third-order valence-electron chi connectivity index (χ3n) is 4.85. The Bertz CT molecular complexity index is 554. The van der Waals surface area contributed by atoms with Gasteiger partial charge in [0, 0.05) is 32.2 Å². The average Bonchev–Trinajstić information content (AvgIpc) is 2.59. The van der Waals surface area contributed by atoms with Gasteiger partial charge in [-0.3, -0.25) is 9.69 Å². The van der Waals surface area contributed by atoms with Crippen LogP contribution >= 0.6 is 24.8 Å². The fourth-order valence-corrected chi connectivity index (χ4v) is 3.40. The zero-order valence-corrected chi connectivity index (χ0v) is 16.6. The summed E-state index contributed by atoms with van der Waals surface area (Å²) in [5.41, 5.74) is 1.12. The van der Waals surface area contributed by atoms with E-state index in [9.17, 15) is 9.18 Å². The number of rotatable bonds is 4. The molecule has 1 aromatic rings. The fourth-order valence-electron chi connectivity index (χ4n) is 3.40. The van der Waals surface area contributed by atoms with Crippen molar-refractivity contribution in [2.45, 2.75) is 44.5 Å². The standard InChI is InChI=1S/C18H26FN3O2.2ClH/c1-13-17(20-8-11-24-13)18(23)21-16-6-9-22(10-7-16)12-14-2-4-15(19)5-3-14;;/h2-5,13,16-17,20H,6-12H2,1H3,(H,21,23);2*1H/t13-,17+;;/m1../s1. The quantitative estimate of drug-likeness (QED) is 0.802. The van der Waals surface area contributed by atoms with Crippen molar-refractivity contribution in [3.63, 3.8) is 0 Å². The van der Waals surface area contributed by atoms with Gasteiger partial charge in [0.1, 0.15) is 11.9 Å². The summed E-state index contributed by atoms with van der Waals surface area (Å²) in [6.45, 7) is 6.02. The summed E-state index contributed by atoms with van der Waals surface area (Å²) in [5, 5.41) is 6.38. The van der Waals surface area contributed by atoms with Crippen LogP contribution in [0.4, 0.5) is 4.39 Å². The van der Waals surface area contributed by atoms with E-state index < -0.39 is 0 Å². The number of halogens is 3. The maximum atomic E-state index is 13.0. The number of amides is 1. The summed E-state index contributed by atoms with van der Waals surface area (Å²) >= 11 is 0. The lowest BCUT2D eigenvalue weighted by Crippen LogP contribution is -2.58. The Hall–Kier alpha value is -0.920. The minimum absolute atomic E-state index is 0. The molecule has 2 aliphatic heterocycles. The van der Waals surface area contributed by atoms with Gasteiger partial charge in [0.25, 0.3) is 0 Å². The summed E-state index contributed by atoms with van der Waals surface area (Å²) in [5.74, 6) is -0.158. The summed E-state index contributed by atoms with van der Waals surface area (Å²) in [7, 11) is 0. The van der Waals surface area contributed by atoms with Crippen LogP contribution in [0.5, 0.6) is 0 Å². The van der Waals surface area contributed by atoms with Crippen molar-refractivity contribution in [2.75, 3.05) is 26.2 Å². The maximum absolute atomic E-state index is 13.0. The van der Waals surface area contributed by atoms with E-state index in [1.54, 1.807) is 0 Å². The fraction of sp³-hybridized carbons (Fsp3) is 0.611. The Morgan fingerprint density at radius 2 is 1.92 bits per heavy atom. The highest BCUT2D eigenvalue weighted by molar-refractivity contribution is 5.85. The van der Waals surface area contributed by atoms with Crippen molar-refractivity contribution in [3.8, 4) is 0 Å². The van der Waals surface area contributed by atoms with Crippen LogP contribution in [0.25, 0.3) is 0 Å². The molecule has 2 aliphatic rings. The monoisotopic (exact) mass is 407 g/mol. The molecule has 2 N–H and O–H groups in total. The molecule has 0 saturated carbocycles. The molecule has 8 heteroatoms. The van der Waals surface area contributed by atoms with Gasteiger partial charge in [0.05, 0.1) is 12.7 Å². The predicted octanol–water partition coefficient (Wildman–Crippen LogP) is 2.13. The van der Waals surface area contributed by atoms with Crippen molar-refractivity contribution in [2.24, 2.45) is 0 Å². The van der Waals surface area contributed by atoms with Crippen molar-refractivity contribution in [1.82, 2.24) is 15.5 Å². The summed E-state index contributed by atoms with van der Waals surface area (Å²) in [4.78, 5) is 14.7. The van der Waals surface area contributed by atoms with Crippen LogP contribution < -0.4 is 10.6 Å². The van der Waals surface area contributed by atoms with Gasteiger partial charge in [0.2, 0.25) is 5.91 Å². The lowest BCUT2D eigenvalue weighted by Gasteiger charge is -2.35. The summed E-state index contributed by atoms with van der Waals surface area (Å²) in [6, 6.07) is 6.64. The Morgan fingerprint density at radius 3 is 2.54 bits per heavy atom. The molecular formula is C18H28Cl2FN3O2. The molecule has 5 nitrogen and oxygen atoms in total. The topological polar surface area (TPSA) is 53.6 Å². The van der Waals surface area contributed by atoms with Gasteiger partial charge in [-0.2, -0.15) is 0 Å². The van der Waals surface area contributed by atoms with Crippen LogP contribution in [-0.2, 0) is 16.1 Å². The molecule has 3 rings (SSSR count). The SMILES string of the molecule is C[C@H]1OCCN[C@@H]1C(=O)NC1CCN(Cc2ccc(F)cc2)CC1.Cl.Cl. The molecular weight excluding hydrogens is 380 g/mol. The molecule has 0 aromatic heterocycles. The van der Waals surface area contributed by atoms with Gasteiger partial charge in [-0.25, -0.2) is 4.39 Å². The highest BCUT2D eigenvalue weighted by Gasteiger charge is 2.30. The van der Waals surface area contributed by atoms with E-state index in [4.69, 9.17) is 4.74 Å². The number of ether oxygens (including phenoxy) is 1. The average molecular weight is 408 g/mol. The third kappa shape index (κ3) is 6.35. The van der Waals surface area contributed by atoms with Gasteiger partial charge in [-0.05, 0) is 37.5 Å². The lowest BCUT2D eigenvalue weighted by molar-refractivity contribution is -0.130. The molecule has 148 valence electrons. The Morgan fingerprint density at radius 1 is 1.27 bits per heavy atom. The predicted molar refractivity (Wildman–Crippen MR) is 105 cm³/mol. The van der Waals surface area contributed by atoms with E-state index in [1.165, 1.54) is 12.1 Å². The second kappa shape index (κ2) is 11.0. The highest BCUT2D eigenvalue weighted by Crippen LogP contribution is 2.15. The molecule has 26 heavy (non-hydrogen) atoms. The van der Waals surface area contributed by atoms with Gasteiger partial charge >= 0.3 is 0 Å². The Balaban J connectivity index is 0.00000169. The van der Waals surface area contributed by atoms with Crippen LogP contribution in [0.3, 0.4) is 0 Å². The number of piperidine rings is 1. The number of carbonyl (C=O) groups is 1. The van der Waals surface area contributed by atoms with Gasteiger partial charge in [-0.1, -0.05) is 12.1 Å². The van der Waals surface area contributed by atoms with E-state index in [0.29, 0.717) is 6.61 Å². The smallest absolute Gasteiger partial charge is 0.240 e. The summed E-state index contributed by atoms with van der Waals surface area (Å²) < 4.78 is 18.5. The normalized spacial score (nSPS) is 24.2. The van der Waals surface area contributed by atoms with Crippen LogP contribution in [0.1, 0.15) is 25.3 Å². The van der Waals surface area contributed by atoms with E-state index in [-0.39, 0.29) is 54.7 Å². The van der Waals surface area contributed by atoms with Crippen molar-refractivity contribution in [1.29, 1.82) is 0 Å². The molecule has 0 unspecified atom stereocenters. The molecule has 2 saturated heterocycles. The number of nitrogens with zero attached hydrogens (tertiary/aromatic N) is 1. The summed E-state index contributed by atoms with van der Waals surface area (Å²) in [6.07, 6.45) is 1.79. The molecule has 0 bridgehead atoms. The number of nitrogens with one attached hydrogen (secondary N) is 2. The molecule has 2 atom stereocenters. The zero-order valence-electron chi connectivity index (χ0n) is 14.9. The minimum atomic E-state index is -0.254. The molecule has 0 radical (unpaired) electrons. The first-order valence-corrected chi connectivity index (χ1v) is 8.74. The van der Waals surface area contributed by atoms with Crippen LogP contribution in [0, 0.1) is 5.82 Å². The van der Waals surface area contributed by atoms with E-state index in [0.717, 1.165) is 44.6 Å². The zero-order chi connectivity index (χ0) is 16.9. The first-order chi connectivity index (χ1) is 11.6. The van der Waals surface area contributed by atoms with Crippen molar-refractivity contribution < 1.29 is 13.9 Å². The molecule has 1 aromatic carbocycles. The third-order valence-corrected chi connectivity index (χ3v) is 4.85. The molecule has 1 amide bonds. The number of benzene rings is 1. The number of carbonyl (C=O) groups excluding carboxylic acids is 1. The van der Waals surface area contributed by atoms with Crippen LogP contribution in [0.2, 0.25) is 0 Å². The van der Waals surface area contributed by atoms with E-state index in [1.807, 2.05) is 19.1 Å². The van der Waals surface area contributed by atoms with Crippen molar-refractivity contribution in [3.05, 3.63) is 35.6 Å². The van der Waals surface area contributed by atoms with E-state index >= 15 is 0 Å². The molecule has 2 heterocycles. The minimum Gasteiger partial charge on any atom is -0.375 e. The Kier molecular flexibility index (Phi) is 9.82. The Labute approximate surface area is 166 Å². The number of hydrogen-bond acceptors (Lipinski definition) is 4. The second-order valence-corrected chi connectivity index (χ2v) is 6.69. The first kappa shape index (κ1) is 23.1.